The molecule has 0 aliphatic carbocycles. The van der Waals surface area contributed by atoms with E-state index in [2.05, 4.69) is 20.7 Å². The summed E-state index contributed by atoms with van der Waals surface area (Å²) >= 11 is 0. The molecule has 0 saturated carbocycles. The topological polar surface area (TPSA) is 88.6 Å². The van der Waals surface area contributed by atoms with Gasteiger partial charge in [-0.25, -0.2) is 5.43 Å². The average molecular weight is 426 g/mol. The molecule has 2 N–H and O–H groups in total. The first-order chi connectivity index (χ1) is 15.7. The van der Waals surface area contributed by atoms with Crippen molar-refractivity contribution in [2.45, 2.75) is 6.61 Å². The molecule has 0 atom stereocenters. The fourth-order valence-electron chi connectivity index (χ4n) is 2.96. The maximum atomic E-state index is 12.3. The van der Waals surface area contributed by atoms with Crippen LogP contribution in [0.3, 0.4) is 0 Å². The van der Waals surface area contributed by atoms with Crippen molar-refractivity contribution in [1.29, 1.82) is 0 Å². The molecule has 1 amide bonds. The maximum absolute atomic E-state index is 12.3. The molecule has 7 nitrogen and oxygen atoms in total. The molecule has 1 aromatic heterocycles. The Kier molecular flexibility index (Phi) is 6.57. The van der Waals surface area contributed by atoms with Gasteiger partial charge in [-0.3, -0.25) is 9.89 Å². The highest BCUT2D eigenvalue weighted by Gasteiger charge is 2.10. The van der Waals surface area contributed by atoms with Gasteiger partial charge in [0.2, 0.25) is 0 Å². The van der Waals surface area contributed by atoms with Gasteiger partial charge in [0, 0.05) is 5.56 Å². The van der Waals surface area contributed by atoms with E-state index in [9.17, 15) is 4.79 Å². The van der Waals surface area contributed by atoms with Crippen LogP contribution in [0.5, 0.6) is 11.5 Å². The fraction of sp³-hybridized carbons (Fsp3) is 0.0800. The van der Waals surface area contributed by atoms with Gasteiger partial charge < -0.3 is 9.47 Å². The van der Waals surface area contributed by atoms with Gasteiger partial charge in [0.25, 0.3) is 5.91 Å². The first-order valence-electron chi connectivity index (χ1n) is 10.0. The second-order valence-corrected chi connectivity index (χ2v) is 6.94. The summed E-state index contributed by atoms with van der Waals surface area (Å²) in [5.41, 5.74) is 6.29. The van der Waals surface area contributed by atoms with Crippen molar-refractivity contribution in [2.24, 2.45) is 5.10 Å². The molecular weight excluding hydrogens is 404 g/mol. The van der Waals surface area contributed by atoms with Gasteiger partial charge in [-0.15, -0.1) is 0 Å². The first kappa shape index (κ1) is 20.9. The Bertz CT molecular complexity index is 1180. The van der Waals surface area contributed by atoms with Gasteiger partial charge in [0.05, 0.1) is 19.0 Å². The van der Waals surface area contributed by atoms with Gasteiger partial charge in [-0.05, 0) is 65.7 Å². The van der Waals surface area contributed by atoms with E-state index in [1.807, 2.05) is 78.9 Å². The van der Waals surface area contributed by atoms with Gasteiger partial charge in [0.1, 0.15) is 23.8 Å². The number of ether oxygens (including phenoxy) is 2. The van der Waals surface area contributed by atoms with E-state index < -0.39 is 0 Å². The molecule has 7 heteroatoms. The number of methoxy groups -OCH3 is 1. The summed E-state index contributed by atoms with van der Waals surface area (Å²) < 4.78 is 10.9. The van der Waals surface area contributed by atoms with E-state index >= 15 is 0 Å². The number of carbonyl (C=O) groups is 1. The zero-order valence-electron chi connectivity index (χ0n) is 17.5. The number of hydrogen-bond donors (Lipinski definition) is 2. The monoisotopic (exact) mass is 426 g/mol. The first-order valence-corrected chi connectivity index (χ1v) is 10.0. The molecule has 0 fully saturated rings. The third-order valence-corrected chi connectivity index (χ3v) is 4.72. The average Bonchev–Trinajstić information content (AvgIpc) is 3.35. The second kappa shape index (κ2) is 10.1. The molecule has 0 aliphatic heterocycles. The number of nitrogens with one attached hydrogen (secondary N) is 2. The number of H-pyrrole nitrogens is 1. The lowest BCUT2D eigenvalue weighted by Gasteiger charge is -2.06. The summed E-state index contributed by atoms with van der Waals surface area (Å²) in [5, 5.41) is 10.9. The second-order valence-electron chi connectivity index (χ2n) is 6.94. The van der Waals surface area contributed by atoms with E-state index in [0.29, 0.717) is 18.0 Å². The van der Waals surface area contributed by atoms with E-state index in [1.54, 1.807) is 19.4 Å². The molecule has 160 valence electrons. The minimum absolute atomic E-state index is 0.317. The summed E-state index contributed by atoms with van der Waals surface area (Å²) in [4.78, 5) is 12.3. The Labute approximate surface area is 185 Å². The SMILES string of the molecule is COc1ccc(-c2cc(C(=O)NN=Cc3ccc(OCc4ccccc4)cc3)[nH]n2)cc1. The Hall–Kier alpha value is -4.39. The Morgan fingerprint density at radius 3 is 2.44 bits per heavy atom. The lowest BCUT2D eigenvalue weighted by molar-refractivity contribution is 0.0950. The van der Waals surface area contributed by atoms with Crippen molar-refractivity contribution < 1.29 is 14.3 Å². The number of rotatable bonds is 8. The number of benzene rings is 3. The van der Waals surface area contributed by atoms with Gasteiger partial charge in [-0.1, -0.05) is 30.3 Å². The molecule has 0 spiro atoms. The van der Waals surface area contributed by atoms with Crippen molar-refractivity contribution in [3.05, 3.63) is 102 Å². The number of aromatic amines is 1. The van der Waals surface area contributed by atoms with Gasteiger partial charge in [0.15, 0.2) is 0 Å². The quantitative estimate of drug-likeness (QED) is 0.322. The molecule has 4 rings (SSSR count). The van der Waals surface area contributed by atoms with E-state index in [1.165, 1.54) is 0 Å². The molecular formula is C25H22N4O3. The number of aromatic nitrogens is 2. The van der Waals surface area contributed by atoms with E-state index in [-0.39, 0.29) is 5.91 Å². The molecule has 3 aromatic carbocycles. The van der Waals surface area contributed by atoms with Crippen LogP contribution < -0.4 is 14.9 Å². The lowest BCUT2D eigenvalue weighted by Crippen LogP contribution is -2.17. The van der Waals surface area contributed by atoms with Crippen molar-refractivity contribution >= 4 is 12.1 Å². The molecule has 0 unspecified atom stereocenters. The Balaban J connectivity index is 1.30. The zero-order valence-corrected chi connectivity index (χ0v) is 17.5. The maximum Gasteiger partial charge on any atom is 0.289 e. The fourth-order valence-corrected chi connectivity index (χ4v) is 2.96. The van der Waals surface area contributed by atoms with Crippen LogP contribution in [0.2, 0.25) is 0 Å². The minimum Gasteiger partial charge on any atom is -0.497 e. The van der Waals surface area contributed by atoms with Crippen LogP contribution in [-0.2, 0) is 6.61 Å². The summed E-state index contributed by atoms with van der Waals surface area (Å²) in [6.07, 6.45) is 1.57. The number of hydrazone groups is 1. The normalized spacial score (nSPS) is 10.8. The largest absolute Gasteiger partial charge is 0.497 e. The van der Waals surface area contributed by atoms with E-state index in [4.69, 9.17) is 9.47 Å². The highest BCUT2D eigenvalue weighted by molar-refractivity contribution is 5.94. The molecule has 0 radical (unpaired) electrons. The molecule has 0 aliphatic rings. The van der Waals surface area contributed by atoms with Gasteiger partial charge >= 0.3 is 0 Å². The summed E-state index contributed by atoms with van der Waals surface area (Å²) in [7, 11) is 1.61. The van der Waals surface area contributed by atoms with Crippen molar-refractivity contribution in [2.75, 3.05) is 7.11 Å². The number of hydrogen-bond acceptors (Lipinski definition) is 5. The zero-order chi connectivity index (χ0) is 22.2. The summed E-state index contributed by atoms with van der Waals surface area (Å²) in [5.74, 6) is 1.14. The lowest BCUT2D eigenvalue weighted by atomic mass is 10.1. The third-order valence-electron chi connectivity index (χ3n) is 4.72. The summed E-state index contributed by atoms with van der Waals surface area (Å²) in [6.45, 7) is 0.507. The summed E-state index contributed by atoms with van der Waals surface area (Å²) in [6, 6.07) is 26.5. The smallest absolute Gasteiger partial charge is 0.289 e. The van der Waals surface area contributed by atoms with Crippen LogP contribution in [0, 0.1) is 0 Å². The third kappa shape index (κ3) is 5.40. The van der Waals surface area contributed by atoms with Crippen molar-refractivity contribution in [3.63, 3.8) is 0 Å². The number of amides is 1. The van der Waals surface area contributed by atoms with Crippen LogP contribution in [-0.4, -0.2) is 29.4 Å². The van der Waals surface area contributed by atoms with Crippen LogP contribution >= 0.6 is 0 Å². The number of nitrogens with zero attached hydrogens (tertiary/aromatic N) is 2. The van der Waals surface area contributed by atoms with Crippen molar-refractivity contribution in [3.8, 4) is 22.8 Å². The highest BCUT2D eigenvalue weighted by atomic mass is 16.5. The van der Waals surface area contributed by atoms with Crippen LogP contribution in [0.4, 0.5) is 0 Å². The van der Waals surface area contributed by atoms with Crippen LogP contribution in [0.25, 0.3) is 11.3 Å². The predicted octanol–water partition coefficient (Wildman–Crippen LogP) is 4.43. The Morgan fingerprint density at radius 1 is 1.00 bits per heavy atom. The van der Waals surface area contributed by atoms with Crippen LogP contribution in [0.15, 0.2) is 90.0 Å². The minimum atomic E-state index is -0.378. The molecule has 0 bridgehead atoms. The number of carbonyl (C=O) groups excluding carboxylic acids is 1. The Morgan fingerprint density at radius 2 is 1.72 bits per heavy atom. The molecule has 0 saturated heterocycles. The van der Waals surface area contributed by atoms with Crippen molar-refractivity contribution in [1.82, 2.24) is 15.6 Å². The molecule has 1 heterocycles. The molecule has 32 heavy (non-hydrogen) atoms. The van der Waals surface area contributed by atoms with Crippen LogP contribution in [0.1, 0.15) is 21.6 Å². The molecule has 4 aromatic rings. The van der Waals surface area contributed by atoms with Gasteiger partial charge in [-0.2, -0.15) is 10.2 Å². The highest BCUT2D eigenvalue weighted by Crippen LogP contribution is 2.21. The standard InChI is InChI=1S/C25H22N4O3/c1-31-21-13-9-20(10-14-21)23-15-24(28-27-23)25(30)29-26-16-18-7-11-22(12-8-18)32-17-19-5-3-2-4-6-19/h2-16H,17H2,1H3,(H,27,28)(H,29,30). The van der Waals surface area contributed by atoms with E-state index in [0.717, 1.165) is 28.2 Å². The predicted molar refractivity (Wildman–Crippen MR) is 123 cm³/mol.